The second kappa shape index (κ2) is 5.77. The average molecular weight is 250 g/mol. The van der Waals surface area contributed by atoms with Crippen molar-refractivity contribution in [2.45, 2.75) is 71.1 Å². The Morgan fingerprint density at radius 2 is 1.94 bits per heavy atom. The first-order valence-electron chi connectivity index (χ1n) is 7.40. The number of nitrogens with zero attached hydrogens (tertiary/aromatic N) is 1. The van der Waals surface area contributed by atoms with Gasteiger partial charge in [0, 0.05) is 5.92 Å². The Labute approximate surface area is 110 Å². The summed E-state index contributed by atoms with van der Waals surface area (Å²) in [5.74, 6) is 2.96. The highest BCUT2D eigenvalue weighted by Gasteiger charge is 2.25. The van der Waals surface area contributed by atoms with Crippen LogP contribution in [0.1, 0.15) is 82.7 Å². The fourth-order valence-electron chi connectivity index (χ4n) is 3.12. The number of aromatic hydroxyl groups is 1. The first-order valence-corrected chi connectivity index (χ1v) is 7.40. The monoisotopic (exact) mass is 250 g/mol. The molecule has 0 atom stereocenters. The molecule has 3 nitrogen and oxygen atoms in total. The van der Waals surface area contributed by atoms with E-state index in [4.69, 9.17) is 0 Å². The van der Waals surface area contributed by atoms with Crippen molar-refractivity contribution < 1.29 is 5.11 Å². The average Bonchev–Trinajstić information content (AvgIpc) is 2.73. The number of imidazole rings is 1. The van der Waals surface area contributed by atoms with Gasteiger partial charge in [-0.2, -0.15) is 4.98 Å². The zero-order chi connectivity index (χ0) is 13.1. The molecule has 2 rings (SSSR count). The van der Waals surface area contributed by atoms with Crippen molar-refractivity contribution >= 4 is 0 Å². The molecular formula is C15H26N2O. The quantitative estimate of drug-likeness (QED) is 0.836. The molecule has 102 valence electrons. The second-order valence-corrected chi connectivity index (χ2v) is 6.02. The molecule has 1 saturated carbocycles. The summed E-state index contributed by atoms with van der Waals surface area (Å²) in [4.78, 5) is 7.66. The molecule has 1 heterocycles. The van der Waals surface area contributed by atoms with Gasteiger partial charge in [0.25, 0.3) is 0 Å². The van der Waals surface area contributed by atoms with Gasteiger partial charge in [-0.15, -0.1) is 0 Å². The number of hydrogen-bond acceptors (Lipinski definition) is 2. The summed E-state index contributed by atoms with van der Waals surface area (Å²) >= 11 is 0. The molecule has 0 spiro atoms. The van der Waals surface area contributed by atoms with Gasteiger partial charge in [0.1, 0.15) is 5.82 Å². The molecule has 1 aliphatic rings. The predicted octanol–water partition coefficient (Wildman–Crippen LogP) is 4.31. The molecular weight excluding hydrogens is 224 g/mol. The Hall–Kier alpha value is -0.990. The van der Waals surface area contributed by atoms with E-state index in [-0.39, 0.29) is 5.88 Å². The van der Waals surface area contributed by atoms with Crippen molar-refractivity contribution in [3.63, 3.8) is 0 Å². The van der Waals surface area contributed by atoms with Gasteiger partial charge in [-0.1, -0.05) is 33.6 Å². The summed E-state index contributed by atoms with van der Waals surface area (Å²) in [6, 6.07) is 0. The molecule has 1 aromatic rings. The predicted molar refractivity (Wildman–Crippen MR) is 73.9 cm³/mol. The Kier molecular flexibility index (Phi) is 4.31. The van der Waals surface area contributed by atoms with E-state index in [2.05, 4.69) is 30.7 Å². The van der Waals surface area contributed by atoms with Crippen LogP contribution in [-0.2, 0) is 0 Å². The van der Waals surface area contributed by atoms with Crippen LogP contribution in [0, 0.1) is 5.92 Å². The van der Waals surface area contributed by atoms with Crippen molar-refractivity contribution in [2.75, 3.05) is 0 Å². The van der Waals surface area contributed by atoms with E-state index in [0.29, 0.717) is 11.8 Å². The Morgan fingerprint density at radius 1 is 1.28 bits per heavy atom. The summed E-state index contributed by atoms with van der Waals surface area (Å²) < 4.78 is 0. The van der Waals surface area contributed by atoms with Crippen molar-refractivity contribution in [3.05, 3.63) is 11.5 Å². The summed E-state index contributed by atoms with van der Waals surface area (Å²) in [6.45, 7) is 6.43. The van der Waals surface area contributed by atoms with Gasteiger partial charge in [0.15, 0.2) is 0 Å². The van der Waals surface area contributed by atoms with Gasteiger partial charge in [-0.25, -0.2) is 0 Å². The Morgan fingerprint density at radius 3 is 2.44 bits per heavy atom. The minimum atomic E-state index is 0.204. The highest BCUT2D eigenvalue weighted by Crippen LogP contribution is 2.37. The molecule has 1 aromatic heterocycles. The van der Waals surface area contributed by atoms with Crippen LogP contribution in [0.3, 0.4) is 0 Å². The van der Waals surface area contributed by atoms with Crippen molar-refractivity contribution in [2.24, 2.45) is 5.92 Å². The maximum absolute atomic E-state index is 9.83. The largest absolute Gasteiger partial charge is 0.492 e. The number of aromatic amines is 1. The van der Waals surface area contributed by atoms with E-state index in [1.807, 2.05) is 0 Å². The molecule has 0 unspecified atom stereocenters. The maximum Gasteiger partial charge on any atom is 0.232 e. The maximum atomic E-state index is 9.83. The van der Waals surface area contributed by atoms with E-state index >= 15 is 0 Å². The Balaban J connectivity index is 1.99. The van der Waals surface area contributed by atoms with E-state index < -0.39 is 0 Å². The molecule has 0 aliphatic heterocycles. The zero-order valence-corrected chi connectivity index (χ0v) is 11.9. The smallest absolute Gasteiger partial charge is 0.232 e. The van der Waals surface area contributed by atoms with E-state index in [0.717, 1.165) is 17.4 Å². The van der Waals surface area contributed by atoms with Gasteiger partial charge in [0.05, 0.1) is 5.69 Å². The van der Waals surface area contributed by atoms with Crippen LogP contribution in [0.15, 0.2) is 0 Å². The summed E-state index contributed by atoms with van der Waals surface area (Å²) in [6.07, 6.45) is 7.74. The van der Waals surface area contributed by atoms with Crippen LogP contribution in [0.5, 0.6) is 5.88 Å². The molecule has 0 amide bonds. The standard InChI is InChI=1S/C15H26N2O/c1-4-5-11-6-8-12(9-7-11)14-16-13(10(2)3)15(18)17-14/h10-12,18H,4-9H2,1-3H3,(H,16,17). The van der Waals surface area contributed by atoms with Crippen molar-refractivity contribution in [1.29, 1.82) is 0 Å². The van der Waals surface area contributed by atoms with Crippen LogP contribution in [0.25, 0.3) is 0 Å². The van der Waals surface area contributed by atoms with Gasteiger partial charge < -0.3 is 10.1 Å². The minimum absolute atomic E-state index is 0.204. The van der Waals surface area contributed by atoms with Gasteiger partial charge in [0.2, 0.25) is 5.88 Å². The fraction of sp³-hybridized carbons (Fsp3) is 0.800. The van der Waals surface area contributed by atoms with E-state index in [9.17, 15) is 5.11 Å². The third-order valence-electron chi connectivity index (χ3n) is 4.24. The molecule has 1 aliphatic carbocycles. The fourth-order valence-corrected chi connectivity index (χ4v) is 3.12. The van der Waals surface area contributed by atoms with Crippen LogP contribution in [0.4, 0.5) is 0 Å². The van der Waals surface area contributed by atoms with E-state index in [1.54, 1.807) is 0 Å². The summed E-state index contributed by atoms with van der Waals surface area (Å²) in [7, 11) is 0. The van der Waals surface area contributed by atoms with Crippen LogP contribution < -0.4 is 0 Å². The van der Waals surface area contributed by atoms with Crippen molar-refractivity contribution in [3.8, 4) is 5.88 Å². The van der Waals surface area contributed by atoms with Gasteiger partial charge in [-0.3, -0.25) is 0 Å². The third kappa shape index (κ3) is 2.88. The first kappa shape index (κ1) is 13.4. The Bertz CT molecular complexity index is 376. The lowest BCUT2D eigenvalue weighted by Crippen LogP contribution is -2.14. The molecule has 0 aromatic carbocycles. The highest BCUT2D eigenvalue weighted by molar-refractivity contribution is 5.24. The molecule has 3 heteroatoms. The number of rotatable bonds is 4. The van der Waals surface area contributed by atoms with Crippen molar-refractivity contribution in [1.82, 2.24) is 9.97 Å². The summed E-state index contributed by atoms with van der Waals surface area (Å²) in [5.41, 5.74) is 0.890. The topological polar surface area (TPSA) is 48.9 Å². The number of nitrogens with one attached hydrogen (secondary N) is 1. The molecule has 18 heavy (non-hydrogen) atoms. The van der Waals surface area contributed by atoms with Gasteiger partial charge in [-0.05, 0) is 37.5 Å². The SMILES string of the molecule is CCCC1CCC(c2nc(O)c(C(C)C)[nH]2)CC1. The first-order chi connectivity index (χ1) is 8.61. The van der Waals surface area contributed by atoms with Gasteiger partial charge >= 0.3 is 0 Å². The second-order valence-electron chi connectivity index (χ2n) is 6.02. The molecule has 1 fully saturated rings. The molecule has 0 saturated heterocycles. The van der Waals surface area contributed by atoms with Crippen LogP contribution in [-0.4, -0.2) is 15.1 Å². The van der Waals surface area contributed by atoms with Crippen LogP contribution >= 0.6 is 0 Å². The molecule has 2 N–H and O–H groups in total. The zero-order valence-electron chi connectivity index (χ0n) is 11.9. The number of hydrogen-bond donors (Lipinski definition) is 2. The summed E-state index contributed by atoms with van der Waals surface area (Å²) in [5, 5.41) is 9.83. The lowest BCUT2D eigenvalue weighted by molar-refractivity contribution is 0.302. The highest BCUT2D eigenvalue weighted by atomic mass is 16.3. The molecule has 0 bridgehead atoms. The lowest BCUT2D eigenvalue weighted by atomic mass is 9.80. The minimum Gasteiger partial charge on any atom is -0.492 e. The van der Waals surface area contributed by atoms with Crippen LogP contribution in [0.2, 0.25) is 0 Å². The normalized spacial score (nSPS) is 24.7. The third-order valence-corrected chi connectivity index (χ3v) is 4.24. The number of H-pyrrole nitrogens is 1. The van der Waals surface area contributed by atoms with E-state index in [1.165, 1.54) is 38.5 Å². The molecule has 0 radical (unpaired) electrons. The lowest BCUT2D eigenvalue weighted by Gasteiger charge is -2.27. The number of aromatic nitrogens is 2.